The lowest BCUT2D eigenvalue weighted by Crippen LogP contribution is -2.43. The molecule has 2 fully saturated rings. The smallest absolute Gasteiger partial charge is 0.315 e. The SMILES string of the molecule is O=C(NC1CCCCC1)N[C@@H]1C[C@H]1c1ccccc1. The van der Waals surface area contributed by atoms with E-state index in [-0.39, 0.29) is 6.03 Å². The Kier molecular flexibility index (Phi) is 3.72. The molecule has 1 aromatic carbocycles. The Labute approximate surface area is 114 Å². The van der Waals surface area contributed by atoms with Crippen molar-refractivity contribution in [1.82, 2.24) is 10.6 Å². The second-order valence-electron chi connectivity index (χ2n) is 5.81. The highest BCUT2D eigenvalue weighted by Gasteiger charge is 2.39. The summed E-state index contributed by atoms with van der Waals surface area (Å²) in [5.74, 6) is 0.512. The maximum Gasteiger partial charge on any atom is 0.315 e. The second kappa shape index (κ2) is 5.64. The molecule has 0 aliphatic heterocycles. The highest BCUT2D eigenvalue weighted by Crippen LogP contribution is 2.40. The average Bonchev–Trinajstić information content (AvgIpc) is 3.20. The number of hydrogen-bond donors (Lipinski definition) is 2. The van der Waals surface area contributed by atoms with Gasteiger partial charge in [0.15, 0.2) is 0 Å². The highest BCUT2D eigenvalue weighted by molar-refractivity contribution is 5.75. The van der Waals surface area contributed by atoms with Crippen molar-refractivity contribution in [2.24, 2.45) is 0 Å². The third kappa shape index (κ3) is 3.28. The summed E-state index contributed by atoms with van der Waals surface area (Å²) in [6.45, 7) is 0. The highest BCUT2D eigenvalue weighted by atomic mass is 16.2. The molecular formula is C16H22N2O. The van der Waals surface area contributed by atoms with Crippen molar-refractivity contribution in [3.05, 3.63) is 35.9 Å². The second-order valence-corrected chi connectivity index (χ2v) is 5.81. The summed E-state index contributed by atoms with van der Waals surface area (Å²) in [5, 5.41) is 6.21. The molecule has 2 N–H and O–H groups in total. The third-order valence-corrected chi connectivity index (χ3v) is 4.28. The fourth-order valence-corrected chi connectivity index (χ4v) is 3.07. The molecule has 0 spiro atoms. The van der Waals surface area contributed by atoms with Gasteiger partial charge in [-0.1, -0.05) is 49.6 Å². The topological polar surface area (TPSA) is 41.1 Å². The van der Waals surface area contributed by atoms with Crippen LogP contribution in [0.4, 0.5) is 4.79 Å². The fourth-order valence-electron chi connectivity index (χ4n) is 3.07. The molecular weight excluding hydrogens is 236 g/mol. The van der Waals surface area contributed by atoms with E-state index in [0.717, 1.165) is 19.3 Å². The molecule has 0 unspecified atom stereocenters. The van der Waals surface area contributed by atoms with Crippen LogP contribution in [0.3, 0.4) is 0 Å². The van der Waals surface area contributed by atoms with Crippen molar-refractivity contribution in [1.29, 1.82) is 0 Å². The largest absolute Gasteiger partial charge is 0.335 e. The lowest BCUT2D eigenvalue weighted by molar-refractivity contribution is 0.232. The zero-order chi connectivity index (χ0) is 13.1. The fraction of sp³-hybridized carbons (Fsp3) is 0.562. The van der Waals surface area contributed by atoms with Crippen LogP contribution in [0.15, 0.2) is 30.3 Å². The van der Waals surface area contributed by atoms with Crippen LogP contribution in [0.1, 0.15) is 50.0 Å². The van der Waals surface area contributed by atoms with Crippen LogP contribution in [0, 0.1) is 0 Å². The molecule has 3 heteroatoms. The minimum absolute atomic E-state index is 0.0235. The molecule has 0 radical (unpaired) electrons. The van der Waals surface area contributed by atoms with Gasteiger partial charge < -0.3 is 10.6 Å². The third-order valence-electron chi connectivity index (χ3n) is 4.28. The summed E-state index contributed by atoms with van der Waals surface area (Å²) in [7, 11) is 0. The first-order chi connectivity index (χ1) is 9.33. The van der Waals surface area contributed by atoms with Gasteiger partial charge in [-0.25, -0.2) is 4.79 Å². The van der Waals surface area contributed by atoms with Gasteiger partial charge in [0.1, 0.15) is 0 Å². The predicted octanol–water partition coefficient (Wildman–Crippen LogP) is 3.17. The maximum atomic E-state index is 11.9. The van der Waals surface area contributed by atoms with E-state index in [1.807, 2.05) is 6.07 Å². The molecule has 0 bridgehead atoms. The number of rotatable bonds is 3. The van der Waals surface area contributed by atoms with Crippen molar-refractivity contribution < 1.29 is 4.79 Å². The van der Waals surface area contributed by atoms with Gasteiger partial charge >= 0.3 is 6.03 Å². The van der Waals surface area contributed by atoms with Crippen LogP contribution < -0.4 is 10.6 Å². The van der Waals surface area contributed by atoms with E-state index in [1.165, 1.54) is 24.8 Å². The summed E-state index contributed by atoms with van der Waals surface area (Å²) in [6.07, 6.45) is 7.17. The molecule has 1 aromatic rings. The summed E-state index contributed by atoms with van der Waals surface area (Å²) >= 11 is 0. The van der Waals surface area contributed by atoms with E-state index in [0.29, 0.717) is 18.0 Å². The normalized spacial score (nSPS) is 26.7. The van der Waals surface area contributed by atoms with Gasteiger partial charge in [0.25, 0.3) is 0 Å². The molecule has 3 rings (SSSR count). The zero-order valence-corrected chi connectivity index (χ0v) is 11.3. The zero-order valence-electron chi connectivity index (χ0n) is 11.3. The van der Waals surface area contributed by atoms with Crippen molar-refractivity contribution in [3.8, 4) is 0 Å². The van der Waals surface area contributed by atoms with Crippen LogP contribution >= 0.6 is 0 Å². The Hall–Kier alpha value is -1.51. The Bertz CT molecular complexity index is 426. The van der Waals surface area contributed by atoms with Gasteiger partial charge in [0.2, 0.25) is 0 Å². The van der Waals surface area contributed by atoms with Crippen LogP contribution in [0.5, 0.6) is 0 Å². The van der Waals surface area contributed by atoms with Gasteiger partial charge in [0, 0.05) is 18.0 Å². The van der Waals surface area contributed by atoms with Crippen LogP contribution in [0.25, 0.3) is 0 Å². The minimum atomic E-state index is 0.0235. The van der Waals surface area contributed by atoms with Crippen LogP contribution in [0.2, 0.25) is 0 Å². The molecule has 2 amide bonds. The van der Waals surface area contributed by atoms with E-state index in [9.17, 15) is 4.79 Å². The van der Waals surface area contributed by atoms with Gasteiger partial charge in [-0.2, -0.15) is 0 Å². The molecule has 0 aromatic heterocycles. The lowest BCUT2D eigenvalue weighted by atomic mass is 9.96. The summed E-state index contributed by atoms with van der Waals surface area (Å²) in [5.41, 5.74) is 1.34. The molecule has 19 heavy (non-hydrogen) atoms. The first kappa shape index (κ1) is 12.5. The van der Waals surface area contributed by atoms with Crippen molar-refractivity contribution >= 4 is 6.03 Å². The molecule has 3 nitrogen and oxygen atoms in total. The molecule has 0 saturated heterocycles. The molecule has 2 saturated carbocycles. The first-order valence-electron chi connectivity index (χ1n) is 7.45. The number of hydrogen-bond acceptors (Lipinski definition) is 1. The van der Waals surface area contributed by atoms with Crippen LogP contribution in [-0.2, 0) is 0 Å². The van der Waals surface area contributed by atoms with E-state index in [4.69, 9.17) is 0 Å². The summed E-state index contributed by atoms with van der Waals surface area (Å²) in [4.78, 5) is 11.9. The summed E-state index contributed by atoms with van der Waals surface area (Å²) in [6, 6.07) is 11.2. The van der Waals surface area contributed by atoms with Crippen molar-refractivity contribution in [2.75, 3.05) is 0 Å². The average molecular weight is 258 g/mol. The van der Waals surface area contributed by atoms with Crippen molar-refractivity contribution in [2.45, 2.75) is 56.5 Å². The van der Waals surface area contributed by atoms with E-state index < -0.39 is 0 Å². The van der Waals surface area contributed by atoms with E-state index in [1.54, 1.807) is 0 Å². The number of carbonyl (C=O) groups is 1. The monoisotopic (exact) mass is 258 g/mol. The predicted molar refractivity (Wildman–Crippen MR) is 76.1 cm³/mol. The van der Waals surface area contributed by atoms with E-state index in [2.05, 4.69) is 34.9 Å². The Morgan fingerprint density at radius 3 is 2.47 bits per heavy atom. The summed E-state index contributed by atoms with van der Waals surface area (Å²) < 4.78 is 0. The minimum Gasteiger partial charge on any atom is -0.335 e. The quantitative estimate of drug-likeness (QED) is 0.859. The first-order valence-corrected chi connectivity index (χ1v) is 7.45. The standard InChI is InChI=1S/C16H22N2O/c19-16(17-13-9-5-2-6-10-13)18-15-11-14(15)12-7-3-1-4-8-12/h1,3-4,7-8,13-15H,2,5-6,9-11H2,(H2,17,18,19)/t14-,15+/m0/s1. The number of benzene rings is 1. The Balaban J connectivity index is 1.44. The van der Waals surface area contributed by atoms with Gasteiger partial charge in [-0.3, -0.25) is 0 Å². The van der Waals surface area contributed by atoms with Crippen LogP contribution in [-0.4, -0.2) is 18.1 Å². The van der Waals surface area contributed by atoms with Gasteiger partial charge in [-0.15, -0.1) is 0 Å². The number of amides is 2. The Morgan fingerprint density at radius 2 is 1.74 bits per heavy atom. The number of nitrogens with one attached hydrogen (secondary N) is 2. The molecule has 2 aliphatic carbocycles. The molecule has 2 aliphatic rings. The Morgan fingerprint density at radius 1 is 1.00 bits per heavy atom. The van der Waals surface area contributed by atoms with E-state index >= 15 is 0 Å². The molecule has 102 valence electrons. The van der Waals surface area contributed by atoms with Gasteiger partial charge in [-0.05, 0) is 24.8 Å². The van der Waals surface area contributed by atoms with Crippen molar-refractivity contribution in [3.63, 3.8) is 0 Å². The molecule has 0 heterocycles. The van der Waals surface area contributed by atoms with Gasteiger partial charge in [0.05, 0.1) is 0 Å². The number of carbonyl (C=O) groups excluding carboxylic acids is 1. The lowest BCUT2D eigenvalue weighted by Gasteiger charge is -2.22. The maximum absolute atomic E-state index is 11.9. The number of urea groups is 1. The molecule has 2 atom stereocenters.